The second-order valence-electron chi connectivity index (χ2n) is 7.84. The number of anilines is 1. The molecule has 8 nitrogen and oxygen atoms in total. The van der Waals surface area contributed by atoms with Gasteiger partial charge in [0, 0.05) is 23.8 Å². The number of aryl methyl sites for hydroxylation is 1. The zero-order valence-corrected chi connectivity index (χ0v) is 19.2. The number of amides is 2. The zero-order valence-electron chi connectivity index (χ0n) is 17.6. The number of benzene rings is 1. The maximum atomic E-state index is 13.2. The third-order valence-electron chi connectivity index (χ3n) is 5.61. The Hall–Kier alpha value is -2.91. The van der Waals surface area contributed by atoms with E-state index in [2.05, 4.69) is 5.32 Å². The standard InChI is InChI=1S/C22H23ClN4O4S/c1-14-5-6-15(23)11-16(14)24-18(28)12-26-17-7-10-32-20(17)21(30)27(22(26)31)13-19(29)25-8-3-2-4-9-25/h5-7,10-11H,2-4,8-9,12-13H2,1H3,(H,24,28). The predicted octanol–water partition coefficient (Wildman–Crippen LogP) is 2.84. The molecule has 0 bridgehead atoms. The summed E-state index contributed by atoms with van der Waals surface area (Å²) >= 11 is 7.20. The highest BCUT2D eigenvalue weighted by Gasteiger charge is 2.22. The molecular weight excluding hydrogens is 452 g/mol. The topological polar surface area (TPSA) is 93.4 Å². The maximum Gasteiger partial charge on any atom is 0.332 e. The summed E-state index contributed by atoms with van der Waals surface area (Å²) in [4.78, 5) is 53.3. The van der Waals surface area contributed by atoms with Crippen LogP contribution in [-0.2, 0) is 22.7 Å². The molecule has 0 unspecified atom stereocenters. The first-order chi connectivity index (χ1) is 15.3. The fraction of sp³-hybridized carbons (Fsp3) is 0.364. The first-order valence-corrected chi connectivity index (χ1v) is 11.7. The third-order valence-corrected chi connectivity index (χ3v) is 6.74. The lowest BCUT2D eigenvalue weighted by Gasteiger charge is -2.26. The Morgan fingerprint density at radius 3 is 2.56 bits per heavy atom. The van der Waals surface area contributed by atoms with E-state index in [1.165, 1.54) is 15.9 Å². The van der Waals surface area contributed by atoms with Crippen molar-refractivity contribution in [2.75, 3.05) is 18.4 Å². The minimum atomic E-state index is -0.677. The lowest BCUT2D eigenvalue weighted by atomic mass is 10.1. The number of hydrogen-bond acceptors (Lipinski definition) is 5. The van der Waals surface area contributed by atoms with Gasteiger partial charge in [-0.05, 0) is 55.3 Å². The molecule has 1 fully saturated rings. The minimum absolute atomic E-state index is 0.259. The van der Waals surface area contributed by atoms with Crippen LogP contribution in [0.15, 0.2) is 39.2 Å². The van der Waals surface area contributed by atoms with Gasteiger partial charge in [-0.2, -0.15) is 0 Å². The van der Waals surface area contributed by atoms with Crippen molar-refractivity contribution in [1.29, 1.82) is 0 Å². The van der Waals surface area contributed by atoms with E-state index in [0.717, 1.165) is 29.4 Å². The van der Waals surface area contributed by atoms with Gasteiger partial charge in [0.05, 0.1) is 5.52 Å². The number of carbonyl (C=O) groups excluding carboxylic acids is 2. The van der Waals surface area contributed by atoms with Crippen molar-refractivity contribution in [3.8, 4) is 0 Å². The van der Waals surface area contributed by atoms with Gasteiger partial charge in [-0.3, -0.25) is 19.0 Å². The van der Waals surface area contributed by atoms with E-state index in [1.54, 1.807) is 34.5 Å². The molecule has 0 spiro atoms. The van der Waals surface area contributed by atoms with Crippen LogP contribution in [0.4, 0.5) is 5.69 Å². The molecule has 0 radical (unpaired) electrons. The number of nitrogens with zero attached hydrogens (tertiary/aromatic N) is 3. The highest BCUT2D eigenvalue weighted by Crippen LogP contribution is 2.21. The molecule has 168 valence electrons. The van der Waals surface area contributed by atoms with Crippen LogP contribution in [-0.4, -0.2) is 38.9 Å². The van der Waals surface area contributed by atoms with Crippen LogP contribution >= 0.6 is 22.9 Å². The van der Waals surface area contributed by atoms with Gasteiger partial charge in [-0.25, -0.2) is 9.36 Å². The number of likely N-dealkylation sites (tertiary alicyclic amines) is 1. The van der Waals surface area contributed by atoms with Gasteiger partial charge in [0.2, 0.25) is 11.8 Å². The Bertz CT molecular complexity index is 1300. The summed E-state index contributed by atoms with van der Waals surface area (Å²) in [7, 11) is 0. The molecule has 1 N–H and O–H groups in total. The van der Waals surface area contributed by atoms with Crippen LogP contribution in [0.1, 0.15) is 24.8 Å². The molecule has 1 aliphatic rings. The first kappa shape index (κ1) is 22.3. The molecule has 0 atom stereocenters. The number of carbonyl (C=O) groups is 2. The highest BCUT2D eigenvalue weighted by atomic mass is 35.5. The molecule has 10 heteroatoms. The average molecular weight is 475 g/mol. The van der Waals surface area contributed by atoms with E-state index in [0.29, 0.717) is 34.0 Å². The van der Waals surface area contributed by atoms with Crippen LogP contribution in [0, 0.1) is 6.92 Å². The number of thiophene rings is 1. The van der Waals surface area contributed by atoms with Crippen molar-refractivity contribution in [1.82, 2.24) is 14.0 Å². The summed E-state index contributed by atoms with van der Waals surface area (Å²) in [5.74, 6) is -0.692. The van der Waals surface area contributed by atoms with E-state index in [4.69, 9.17) is 11.6 Å². The Morgan fingerprint density at radius 2 is 1.81 bits per heavy atom. The second-order valence-corrected chi connectivity index (χ2v) is 9.20. The molecule has 1 saturated heterocycles. The fourth-order valence-electron chi connectivity index (χ4n) is 3.87. The normalized spacial score (nSPS) is 14.0. The number of piperidine rings is 1. The molecule has 0 saturated carbocycles. The van der Waals surface area contributed by atoms with E-state index in [-0.39, 0.29) is 19.0 Å². The largest absolute Gasteiger partial charge is 0.341 e. The van der Waals surface area contributed by atoms with Crippen molar-refractivity contribution in [2.24, 2.45) is 0 Å². The van der Waals surface area contributed by atoms with Gasteiger partial charge in [0.25, 0.3) is 5.56 Å². The smallest absolute Gasteiger partial charge is 0.332 e. The van der Waals surface area contributed by atoms with Gasteiger partial charge in [-0.1, -0.05) is 17.7 Å². The van der Waals surface area contributed by atoms with Crippen LogP contribution < -0.4 is 16.6 Å². The molecule has 4 rings (SSSR count). The second kappa shape index (κ2) is 9.30. The molecule has 3 heterocycles. The number of fused-ring (bicyclic) bond motifs is 1. The van der Waals surface area contributed by atoms with E-state index in [9.17, 15) is 19.2 Å². The molecule has 1 aliphatic heterocycles. The van der Waals surface area contributed by atoms with E-state index in [1.807, 2.05) is 6.92 Å². The SMILES string of the molecule is Cc1ccc(Cl)cc1NC(=O)Cn1c(=O)n(CC(=O)N2CCCCC2)c(=O)c2sccc21. The maximum absolute atomic E-state index is 13.2. The van der Waals surface area contributed by atoms with Crippen molar-refractivity contribution >= 4 is 50.7 Å². The Balaban J connectivity index is 1.65. The summed E-state index contributed by atoms with van der Waals surface area (Å²) in [6, 6.07) is 6.78. The van der Waals surface area contributed by atoms with Crippen LogP contribution in [0.25, 0.3) is 10.2 Å². The lowest BCUT2D eigenvalue weighted by Crippen LogP contribution is -2.46. The van der Waals surface area contributed by atoms with Crippen molar-refractivity contribution in [3.63, 3.8) is 0 Å². The van der Waals surface area contributed by atoms with Crippen molar-refractivity contribution in [2.45, 2.75) is 39.3 Å². The van der Waals surface area contributed by atoms with Gasteiger partial charge < -0.3 is 10.2 Å². The van der Waals surface area contributed by atoms with Gasteiger partial charge >= 0.3 is 5.69 Å². The van der Waals surface area contributed by atoms with Gasteiger partial charge in [0.1, 0.15) is 17.8 Å². The van der Waals surface area contributed by atoms with E-state index >= 15 is 0 Å². The van der Waals surface area contributed by atoms with Crippen molar-refractivity contribution < 1.29 is 9.59 Å². The molecule has 32 heavy (non-hydrogen) atoms. The summed E-state index contributed by atoms with van der Waals surface area (Å²) in [6.07, 6.45) is 2.90. The zero-order chi connectivity index (χ0) is 22.8. The number of hydrogen-bond donors (Lipinski definition) is 1. The summed E-state index contributed by atoms with van der Waals surface area (Å²) in [6.45, 7) is 2.47. The Morgan fingerprint density at radius 1 is 1.06 bits per heavy atom. The van der Waals surface area contributed by atoms with Gasteiger partial charge in [0.15, 0.2) is 0 Å². The molecule has 1 aromatic carbocycles. The Kier molecular flexibility index (Phi) is 6.48. The lowest BCUT2D eigenvalue weighted by molar-refractivity contribution is -0.132. The quantitative estimate of drug-likeness (QED) is 0.615. The third kappa shape index (κ3) is 4.49. The monoisotopic (exact) mass is 474 g/mol. The number of nitrogens with one attached hydrogen (secondary N) is 1. The summed E-state index contributed by atoms with van der Waals surface area (Å²) in [5, 5.41) is 4.94. The number of rotatable bonds is 5. The minimum Gasteiger partial charge on any atom is -0.341 e. The fourth-order valence-corrected chi connectivity index (χ4v) is 4.88. The average Bonchev–Trinajstić information content (AvgIpc) is 3.27. The molecule has 2 aromatic heterocycles. The summed E-state index contributed by atoms with van der Waals surface area (Å²) < 4.78 is 2.52. The summed E-state index contributed by atoms with van der Waals surface area (Å²) in [5.41, 5.74) is 0.570. The number of aromatic nitrogens is 2. The van der Waals surface area contributed by atoms with Crippen LogP contribution in [0.3, 0.4) is 0 Å². The molecule has 3 aromatic rings. The van der Waals surface area contributed by atoms with Crippen molar-refractivity contribution in [3.05, 3.63) is 61.1 Å². The highest BCUT2D eigenvalue weighted by molar-refractivity contribution is 7.17. The van der Waals surface area contributed by atoms with Gasteiger partial charge in [-0.15, -0.1) is 11.3 Å². The molecule has 0 aliphatic carbocycles. The van der Waals surface area contributed by atoms with E-state index < -0.39 is 17.2 Å². The van der Waals surface area contributed by atoms with Crippen LogP contribution in [0.2, 0.25) is 5.02 Å². The molecule has 2 amide bonds. The molecular formula is C22H23ClN4O4S. The van der Waals surface area contributed by atoms with Crippen LogP contribution in [0.5, 0.6) is 0 Å². The number of halogens is 1. The first-order valence-electron chi connectivity index (χ1n) is 10.4. The Labute approximate surface area is 193 Å². The predicted molar refractivity (Wildman–Crippen MR) is 126 cm³/mol.